The van der Waals surface area contributed by atoms with E-state index in [4.69, 9.17) is 4.42 Å². The van der Waals surface area contributed by atoms with E-state index in [1.54, 1.807) is 24.3 Å². The van der Waals surface area contributed by atoms with E-state index in [0.717, 1.165) is 20.9 Å². The number of carbonyl (C=O) groups is 4. The molecule has 3 aromatic rings. The lowest BCUT2D eigenvalue weighted by atomic mass is 10.0. The Bertz CT molecular complexity index is 1280. The fourth-order valence-corrected chi connectivity index (χ4v) is 4.65. The summed E-state index contributed by atoms with van der Waals surface area (Å²) in [7, 11) is 0. The number of furan rings is 1. The Hall–Kier alpha value is -4.05. The van der Waals surface area contributed by atoms with Gasteiger partial charge in [-0.1, -0.05) is 35.9 Å². The van der Waals surface area contributed by atoms with Gasteiger partial charge in [-0.2, -0.15) is 5.10 Å². The minimum Gasteiger partial charge on any atom is -0.467 e. The van der Waals surface area contributed by atoms with E-state index in [1.165, 1.54) is 22.6 Å². The number of imide groups is 2. The zero-order valence-electron chi connectivity index (χ0n) is 18.2. The zero-order chi connectivity index (χ0) is 23.8. The van der Waals surface area contributed by atoms with Crippen molar-refractivity contribution in [2.45, 2.75) is 25.9 Å². The van der Waals surface area contributed by atoms with Crippen molar-refractivity contribution >= 4 is 40.8 Å². The molecular weight excluding hydrogens is 456 g/mol. The van der Waals surface area contributed by atoms with Crippen LogP contribution in [0.25, 0.3) is 0 Å². The number of hydrogen-bond acceptors (Lipinski definition) is 7. The summed E-state index contributed by atoms with van der Waals surface area (Å²) in [6, 6.07) is 13.5. The van der Waals surface area contributed by atoms with Gasteiger partial charge in [-0.3, -0.25) is 19.3 Å². The molecule has 0 radical (unpaired) electrons. The van der Waals surface area contributed by atoms with Gasteiger partial charge in [-0.15, -0.1) is 11.3 Å². The standard InChI is InChI=1S/C24H20N4O5S/c1-15-6-8-16(9-7-15)18-12-19(20-5-2-10-33-20)28(25-18)21(29)14-27-23(31)22(30)26(24(27)32)13-17-4-3-11-34-17/h2-11,19H,12-14H2,1H3. The van der Waals surface area contributed by atoms with Crippen molar-refractivity contribution in [2.75, 3.05) is 6.54 Å². The number of benzene rings is 1. The first kappa shape index (κ1) is 21.8. The second kappa shape index (κ2) is 8.71. The van der Waals surface area contributed by atoms with Crippen LogP contribution in [0.15, 0.2) is 69.7 Å². The molecule has 2 aliphatic heterocycles. The van der Waals surface area contributed by atoms with E-state index in [0.29, 0.717) is 22.8 Å². The second-order valence-electron chi connectivity index (χ2n) is 8.03. The van der Waals surface area contributed by atoms with Gasteiger partial charge in [0.25, 0.3) is 5.91 Å². The van der Waals surface area contributed by atoms with Crippen molar-refractivity contribution in [3.63, 3.8) is 0 Å². The Morgan fingerprint density at radius 1 is 1.06 bits per heavy atom. The van der Waals surface area contributed by atoms with E-state index < -0.39 is 36.3 Å². The number of rotatable bonds is 6. The normalized spacial score (nSPS) is 18.3. The molecule has 34 heavy (non-hydrogen) atoms. The maximum Gasteiger partial charge on any atom is 0.335 e. The van der Waals surface area contributed by atoms with Gasteiger partial charge in [0.05, 0.1) is 18.5 Å². The number of hydrazone groups is 1. The summed E-state index contributed by atoms with van der Waals surface area (Å²) in [5.41, 5.74) is 2.65. The number of hydrogen-bond donors (Lipinski definition) is 0. The molecule has 1 fully saturated rings. The van der Waals surface area contributed by atoms with Gasteiger partial charge < -0.3 is 4.42 Å². The average Bonchev–Trinajstić information content (AvgIpc) is 3.62. The van der Waals surface area contributed by atoms with Gasteiger partial charge in [-0.05, 0) is 36.1 Å². The van der Waals surface area contributed by atoms with Crippen LogP contribution in [0.2, 0.25) is 0 Å². The monoisotopic (exact) mass is 476 g/mol. The van der Waals surface area contributed by atoms with Gasteiger partial charge >= 0.3 is 17.8 Å². The second-order valence-corrected chi connectivity index (χ2v) is 9.06. The molecule has 10 heteroatoms. The molecule has 172 valence electrons. The highest BCUT2D eigenvalue weighted by atomic mass is 32.1. The molecule has 1 atom stereocenters. The molecular formula is C24H20N4O5S. The molecule has 4 heterocycles. The van der Waals surface area contributed by atoms with Gasteiger partial charge in [0.2, 0.25) is 0 Å². The van der Waals surface area contributed by atoms with Crippen LogP contribution in [0, 0.1) is 6.92 Å². The lowest BCUT2D eigenvalue weighted by Crippen LogP contribution is -2.41. The number of carbonyl (C=O) groups excluding carboxylic acids is 4. The maximum absolute atomic E-state index is 13.3. The average molecular weight is 477 g/mol. The highest BCUT2D eigenvalue weighted by Gasteiger charge is 2.46. The minimum absolute atomic E-state index is 0.0137. The van der Waals surface area contributed by atoms with Crippen LogP contribution in [0.4, 0.5) is 4.79 Å². The summed E-state index contributed by atoms with van der Waals surface area (Å²) >= 11 is 1.37. The van der Waals surface area contributed by atoms with E-state index in [9.17, 15) is 19.2 Å². The summed E-state index contributed by atoms with van der Waals surface area (Å²) < 4.78 is 5.53. The Labute approximate surface area is 198 Å². The molecule has 0 N–H and O–H groups in total. The fraction of sp³-hybridized carbons (Fsp3) is 0.208. The van der Waals surface area contributed by atoms with E-state index >= 15 is 0 Å². The van der Waals surface area contributed by atoms with Crippen molar-refractivity contribution < 1.29 is 23.6 Å². The molecule has 1 unspecified atom stereocenters. The van der Waals surface area contributed by atoms with Gasteiger partial charge in [-0.25, -0.2) is 14.7 Å². The molecule has 2 aliphatic rings. The van der Waals surface area contributed by atoms with Crippen LogP contribution >= 0.6 is 11.3 Å². The molecule has 0 bridgehead atoms. The van der Waals surface area contributed by atoms with Gasteiger partial charge in [0.15, 0.2) is 0 Å². The minimum atomic E-state index is -1.02. The van der Waals surface area contributed by atoms with Crippen molar-refractivity contribution in [2.24, 2.45) is 5.10 Å². The van der Waals surface area contributed by atoms with Crippen LogP contribution in [-0.2, 0) is 20.9 Å². The molecule has 0 spiro atoms. The number of aryl methyl sites for hydroxylation is 1. The Morgan fingerprint density at radius 3 is 2.50 bits per heavy atom. The van der Waals surface area contributed by atoms with Gasteiger partial charge in [0, 0.05) is 11.3 Å². The van der Waals surface area contributed by atoms with Crippen molar-refractivity contribution in [1.82, 2.24) is 14.8 Å². The molecule has 2 aromatic heterocycles. The molecule has 0 saturated carbocycles. The highest BCUT2D eigenvalue weighted by molar-refractivity contribution is 7.09. The largest absolute Gasteiger partial charge is 0.467 e. The predicted molar refractivity (Wildman–Crippen MR) is 123 cm³/mol. The van der Waals surface area contributed by atoms with Crippen LogP contribution < -0.4 is 0 Å². The SMILES string of the molecule is Cc1ccc(C2=NN(C(=O)CN3C(=O)C(=O)N(Cc4cccs4)C3=O)C(c3ccco3)C2)cc1. The number of nitrogens with zero attached hydrogens (tertiary/aromatic N) is 4. The Balaban J connectivity index is 1.38. The number of urea groups is 1. The third-order valence-electron chi connectivity index (χ3n) is 5.74. The van der Waals surface area contributed by atoms with E-state index in [2.05, 4.69) is 5.10 Å². The highest BCUT2D eigenvalue weighted by Crippen LogP contribution is 2.33. The number of thiophene rings is 1. The van der Waals surface area contributed by atoms with E-state index in [-0.39, 0.29) is 6.54 Å². The summed E-state index contributed by atoms with van der Waals surface area (Å²) in [5, 5.41) is 7.56. The van der Waals surface area contributed by atoms with Crippen LogP contribution in [0.3, 0.4) is 0 Å². The lowest BCUT2D eigenvalue weighted by molar-refractivity contribution is -0.145. The molecule has 5 rings (SSSR count). The zero-order valence-corrected chi connectivity index (χ0v) is 19.0. The quantitative estimate of drug-likeness (QED) is 0.401. The predicted octanol–water partition coefficient (Wildman–Crippen LogP) is 3.32. The van der Waals surface area contributed by atoms with Gasteiger partial charge in [0.1, 0.15) is 18.3 Å². The smallest absolute Gasteiger partial charge is 0.335 e. The first-order chi connectivity index (χ1) is 16.4. The third kappa shape index (κ3) is 3.92. The summed E-state index contributed by atoms with van der Waals surface area (Å²) in [6.45, 7) is 1.38. The van der Waals surface area contributed by atoms with Crippen molar-refractivity contribution in [1.29, 1.82) is 0 Å². The Morgan fingerprint density at radius 2 is 1.82 bits per heavy atom. The summed E-state index contributed by atoms with van der Waals surface area (Å²) in [4.78, 5) is 53.3. The van der Waals surface area contributed by atoms with Crippen molar-refractivity contribution in [3.05, 3.63) is 81.9 Å². The Kier molecular flexibility index (Phi) is 5.58. The molecule has 0 aliphatic carbocycles. The molecule has 5 amide bonds. The lowest BCUT2D eigenvalue weighted by Gasteiger charge is -2.22. The summed E-state index contributed by atoms with van der Waals surface area (Å²) in [5.74, 6) is -2.02. The summed E-state index contributed by atoms with van der Waals surface area (Å²) in [6.07, 6.45) is 1.92. The first-order valence-corrected chi connectivity index (χ1v) is 11.5. The van der Waals surface area contributed by atoms with Crippen LogP contribution in [-0.4, -0.2) is 50.8 Å². The fourth-order valence-electron chi connectivity index (χ4n) is 3.96. The van der Waals surface area contributed by atoms with E-state index in [1.807, 2.05) is 36.6 Å². The number of amides is 5. The van der Waals surface area contributed by atoms with Crippen LogP contribution in [0.1, 0.15) is 34.2 Å². The van der Waals surface area contributed by atoms with Crippen molar-refractivity contribution in [3.8, 4) is 0 Å². The molecule has 9 nitrogen and oxygen atoms in total. The molecule has 1 saturated heterocycles. The van der Waals surface area contributed by atoms with Crippen LogP contribution in [0.5, 0.6) is 0 Å². The maximum atomic E-state index is 13.3. The molecule has 1 aromatic carbocycles. The first-order valence-electron chi connectivity index (χ1n) is 10.6. The topological polar surface area (TPSA) is 104 Å². The third-order valence-corrected chi connectivity index (χ3v) is 6.61.